The Hall–Kier alpha value is -1.60. The molecule has 0 aliphatic heterocycles. The number of hydrogen-bond acceptors (Lipinski definition) is 5. The van der Waals surface area contributed by atoms with E-state index in [1.165, 1.54) is 22.5 Å². The molecule has 0 bridgehead atoms. The molecule has 7 nitrogen and oxygen atoms in total. The van der Waals surface area contributed by atoms with Crippen molar-refractivity contribution in [3.05, 3.63) is 57.7 Å². The first-order chi connectivity index (χ1) is 13.6. The maximum Gasteiger partial charge on any atom is 0.234 e. The average molecular weight is 634 g/mol. The Morgan fingerprint density at radius 1 is 1.17 bits per heavy atom. The summed E-state index contributed by atoms with van der Waals surface area (Å²) in [5.74, 6) is -0.185. The van der Waals surface area contributed by atoms with E-state index < -0.39 is 0 Å². The van der Waals surface area contributed by atoms with Crippen LogP contribution in [0.15, 0.2) is 41.6 Å². The number of amides is 1. The van der Waals surface area contributed by atoms with Crippen molar-refractivity contribution in [2.75, 3.05) is 11.1 Å². The number of carbonyl (C=O) groups is 1. The summed E-state index contributed by atoms with van der Waals surface area (Å²) in [6.07, 6.45) is 0. The Morgan fingerprint density at radius 2 is 1.90 bits per heavy atom. The zero-order chi connectivity index (χ0) is 21.2. The number of anilines is 1. The van der Waals surface area contributed by atoms with E-state index in [1.54, 1.807) is 12.1 Å². The molecule has 0 unspecified atom stereocenters. The molecule has 1 aromatic heterocycles. The van der Waals surface area contributed by atoms with Crippen LogP contribution in [0.4, 0.5) is 11.4 Å². The summed E-state index contributed by atoms with van der Waals surface area (Å²) in [6, 6.07) is 10.4. The van der Waals surface area contributed by atoms with E-state index in [4.69, 9.17) is 28.9 Å². The van der Waals surface area contributed by atoms with Gasteiger partial charge in [-0.05, 0) is 39.6 Å². The molecule has 2 N–H and O–H groups in total. The summed E-state index contributed by atoms with van der Waals surface area (Å²) in [7, 11) is 0. The first-order valence-corrected chi connectivity index (χ1v) is 10.4. The number of hydrogen-bond donors (Lipinski definition) is 1. The Kier molecular flexibility index (Phi) is 8.33. The number of nitrogens with zero attached hydrogens (tertiary/aromatic N) is 4. The maximum absolute atomic E-state index is 12.3. The summed E-state index contributed by atoms with van der Waals surface area (Å²) >= 11 is 13.7. The normalized spacial score (nSPS) is 11.1. The van der Waals surface area contributed by atoms with Crippen LogP contribution in [0.2, 0.25) is 10.0 Å². The van der Waals surface area contributed by atoms with Crippen molar-refractivity contribution >= 4 is 52.2 Å². The maximum atomic E-state index is 12.3. The van der Waals surface area contributed by atoms with Crippen LogP contribution in [0.3, 0.4) is 0 Å². The fraction of sp³-hybridized carbons (Fsp3) is 0.263. The molecule has 0 radical (unpaired) electrons. The zero-order valence-electron chi connectivity index (χ0n) is 16.4. The Bertz CT molecular complexity index is 1050. The van der Waals surface area contributed by atoms with Gasteiger partial charge in [-0.25, -0.2) is 0 Å². The molecular weight excluding hydrogens is 615 g/mol. The van der Waals surface area contributed by atoms with Crippen LogP contribution in [0, 0.1) is 0 Å². The molecule has 0 atom stereocenters. The van der Waals surface area contributed by atoms with Crippen molar-refractivity contribution in [3.63, 3.8) is 0 Å². The predicted molar refractivity (Wildman–Crippen MR) is 118 cm³/mol. The first kappa shape index (κ1) is 24.7. The van der Waals surface area contributed by atoms with Gasteiger partial charge in [0.05, 0.1) is 27.2 Å². The standard InChI is InChI=1S/C19H19Cl2N6OS.W/c1-19(2,3)11-4-7-16(14(21)8-11)27-18(24-25-26-27)29-10-17(28)23-15-6-5-12(22)9-13(15)20;/h4-9H,10H2,1-3H3,(H2-,22,23,25,26,28);/q-1;. The van der Waals surface area contributed by atoms with Gasteiger partial charge in [0.2, 0.25) is 11.1 Å². The quantitative estimate of drug-likeness (QED) is 0.365. The molecule has 1 heterocycles. The molecule has 0 saturated carbocycles. The SMILES string of the molecule is CC(C)(C)c1ccc(-n2nnnc2SCC(=O)Nc2ccc([NH-])cc2Cl)c(Cl)c1.[W]. The minimum atomic E-state index is -0.265. The van der Waals surface area contributed by atoms with Gasteiger partial charge in [-0.1, -0.05) is 73.9 Å². The fourth-order valence-electron chi connectivity index (χ4n) is 2.50. The van der Waals surface area contributed by atoms with Gasteiger partial charge in [-0.15, -0.1) is 10.8 Å². The van der Waals surface area contributed by atoms with E-state index in [9.17, 15) is 4.79 Å². The van der Waals surface area contributed by atoms with Gasteiger partial charge in [0.25, 0.3) is 0 Å². The molecule has 1 amide bonds. The third-order valence-electron chi connectivity index (χ3n) is 4.06. The Balaban J connectivity index is 0.00000320. The smallest absolute Gasteiger partial charge is 0.234 e. The molecule has 3 rings (SSSR count). The van der Waals surface area contributed by atoms with Crippen molar-refractivity contribution in [1.82, 2.24) is 20.2 Å². The van der Waals surface area contributed by atoms with Crippen LogP contribution in [0.1, 0.15) is 26.3 Å². The van der Waals surface area contributed by atoms with Gasteiger partial charge in [0, 0.05) is 21.1 Å². The number of rotatable bonds is 5. The third kappa shape index (κ3) is 5.97. The molecule has 0 fully saturated rings. The Morgan fingerprint density at radius 3 is 2.53 bits per heavy atom. The zero-order valence-corrected chi connectivity index (χ0v) is 21.7. The summed E-state index contributed by atoms with van der Waals surface area (Å²) in [5, 5.41) is 15.7. The second kappa shape index (κ2) is 10.1. The number of aromatic nitrogens is 4. The molecule has 0 aliphatic rings. The molecular formula is C19H19Cl2N6OSW-. The van der Waals surface area contributed by atoms with Crippen molar-refractivity contribution in [1.29, 1.82) is 0 Å². The molecule has 0 spiro atoms. The van der Waals surface area contributed by atoms with Crippen LogP contribution in [-0.4, -0.2) is 31.9 Å². The molecule has 30 heavy (non-hydrogen) atoms. The van der Waals surface area contributed by atoms with Crippen LogP contribution in [0.5, 0.6) is 0 Å². The van der Waals surface area contributed by atoms with Gasteiger partial charge in [0.15, 0.2) is 0 Å². The van der Waals surface area contributed by atoms with E-state index >= 15 is 0 Å². The topological polar surface area (TPSA) is 96.5 Å². The summed E-state index contributed by atoms with van der Waals surface area (Å²) < 4.78 is 1.51. The van der Waals surface area contributed by atoms with Crippen LogP contribution in [0.25, 0.3) is 11.4 Å². The van der Waals surface area contributed by atoms with Gasteiger partial charge >= 0.3 is 0 Å². The minimum absolute atomic E-state index is 0. The summed E-state index contributed by atoms with van der Waals surface area (Å²) in [6.45, 7) is 6.33. The second-order valence-corrected chi connectivity index (χ2v) is 9.08. The van der Waals surface area contributed by atoms with E-state index in [0.29, 0.717) is 26.6 Å². The van der Waals surface area contributed by atoms with Gasteiger partial charge < -0.3 is 11.1 Å². The molecule has 2 aromatic carbocycles. The number of nitrogens with one attached hydrogen (secondary N) is 2. The molecule has 0 aliphatic carbocycles. The number of tetrazole rings is 1. The molecule has 0 saturated heterocycles. The summed E-state index contributed by atoms with van der Waals surface area (Å²) in [4.78, 5) is 12.3. The van der Waals surface area contributed by atoms with Gasteiger partial charge in [-0.3, -0.25) is 4.79 Å². The number of carbonyl (C=O) groups excluding carboxylic acids is 1. The number of halogens is 2. The fourth-order valence-corrected chi connectivity index (χ4v) is 3.67. The molecule has 3 aromatic rings. The number of benzene rings is 2. The van der Waals surface area contributed by atoms with Crippen molar-refractivity contribution < 1.29 is 25.9 Å². The van der Waals surface area contributed by atoms with Gasteiger partial charge in [-0.2, -0.15) is 4.68 Å². The van der Waals surface area contributed by atoms with Crippen LogP contribution >= 0.6 is 35.0 Å². The minimum Gasteiger partial charge on any atom is -0.699 e. The van der Waals surface area contributed by atoms with Crippen molar-refractivity contribution in [3.8, 4) is 5.69 Å². The van der Waals surface area contributed by atoms with Gasteiger partial charge in [0.1, 0.15) is 0 Å². The third-order valence-corrected chi connectivity index (χ3v) is 5.59. The van der Waals surface area contributed by atoms with E-state index in [0.717, 1.165) is 5.56 Å². The second-order valence-electron chi connectivity index (χ2n) is 7.32. The van der Waals surface area contributed by atoms with E-state index in [1.807, 2.05) is 18.2 Å². The molecule has 11 heteroatoms. The number of thioether (sulfide) groups is 1. The van der Waals surface area contributed by atoms with Crippen LogP contribution < -0.4 is 5.32 Å². The van der Waals surface area contributed by atoms with Crippen molar-refractivity contribution in [2.24, 2.45) is 0 Å². The van der Waals surface area contributed by atoms with Crippen molar-refractivity contribution in [2.45, 2.75) is 31.3 Å². The summed E-state index contributed by atoms with van der Waals surface area (Å²) in [5.41, 5.74) is 9.96. The first-order valence-electron chi connectivity index (χ1n) is 8.68. The van der Waals surface area contributed by atoms with E-state index in [-0.39, 0.29) is 43.8 Å². The predicted octanol–water partition coefficient (Wildman–Crippen LogP) is 5.68. The van der Waals surface area contributed by atoms with Crippen LogP contribution in [-0.2, 0) is 31.3 Å². The monoisotopic (exact) mass is 633 g/mol. The van der Waals surface area contributed by atoms with E-state index in [2.05, 4.69) is 41.6 Å². The Labute approximate surface area is 203 Å². The molecule has 158 valence electrons. The average Bonchev–Trinajstić information content (AvgIpc) is 3.10. The largest absolute Gasteiger partial charge is 0.699 e.